The first-order valence-corrected chi connectivity index (χ1v) is 6.52. The summed E-state index contributed by atoms with van der Waals surface area (Å²) in [7, 11) is 3.80. The summed E-state index contributed by atoms with van der Waals surface area (Å²) < 4.78 is 1.78. The van der Waals surface area contributed by atoms with Gasteiger partial charge in [0.1, 0.15) is 0 Å². The molecular formula is C15H19N5. The fourth-order valence-corrected chi connectivity index (χ4v) is 2.28. The van der Waals surface area contributed by atoms with Gasteiger partial charge in [-0.25, -0.2) is 0 Å². The van der Waals surface area contributed by atoms with Crippen molar-refractivity contribution in [1.29, 1.82) is 5.26 Å². The maximum absolute atomic E-state index is 8.99. The topological polar surface area (TPSA) is 70.9 Å². The minimum Gasteiger partial charge on any atom is -0.394 e. The molecule has 0 saturated heterocycles. The van der Waals surface area contributed by atoms with E-state index in [1.807, 2.05) is 37.2 Å². The molecule has 0 bridgehead atoms. The van der Waals surface area contributed by atoms with Crippen LogP contribution in [0.5, 0.6) is 0 Å². The van der Waals surface area contributed by atoms with Gasteiger partial charge in [-0.1, -0.05) is 19.9 Å². The average molecular weight is 269 g/mol. The molecule has 1 heterocycles. The van der Waals surface area contributed by atoms with E-state index in [4.69, 9.17) is 11.0 Å². The number of benzene rings is 1. The SMILES string of the molecule is CC(C)c1nn(C)c(N(C)c2cccc(C#N)c2)c1N. The number of aromatic nitrogens is 2. The fourth-order valence-electron chi connectivity index (χ4n) is 2.28. The molecule has 0 aliphatic heterocycles. The summed E-state index contributed by atoms with van der Waals surface area (Å²) in [4.78, 5) is 1.95. The molecular weight excluding hydrogens is 250 g/mol. The van der Waals surface area contributed by atoms with Crippen molar-refractivity contribution in [2.75, 3.05) is 17.7 Å². The van der Waals surface area contributed by atoms with E-state index >= 15 is 0 Å². The molecule has 0 fully saturated rings. The van der Waals surface area contributed by atoms with E-state index in [0.29, 0.717) is 11.3 Å². The van der Waals surface area contributed by atoms with Crippen molar-refractivity contribution in [3.8, 4) is 6.07 Å². The molecule has 20 heavy (non-hydrogen) atoms. The van der Waals surface area contributed by atoms with Crippen molar-refractivity contribution in [2.45, 2.75) is 19.8 Å². The van der Waals surface area contributed by atoms with Gasteiger partial charge in [-0.2, -0.15) is 10.4 Å². The van der Waals surface area contributed by atoms with Crippen LogP contribution in [-0.4, -0.2) is 16.8 Å². The molecule has 0 unspecified atom stereocenters. The van der Waals surface area contributed by atoms with Crippen LogP contribution in [0.3, 0.4) is 0 Å². The Bertz CT molecular complexity index is 663. The van der Waals surface area contributed by atoms with Crippen LogP contribution in [0.4, 0.5) is 17.2 Å². The van der Waals surface area contributed by atoms with Crippen molar-refractivity contribution in [3.05, 3.63) is 35.5 Å². The van der Waals surface area contributed by atoms with Gasteiger partial charge < -0.3 is 10.6 Å². The highest BCUT2D eigenvalue weighted by Gasteiger charge is 2.19. The zero-order chi connectivity index (χ0) is 14.9. The number of nitrogen functional groups attached to an aromatic ring is 1. The van der Waals surface area contributed by atoms with Gasteiger partial charge >= 0.3 is 0 Å². The van der Waals surface area contributed by atoms with Crippen molar-refractivity contribution >= 4 is 17.2 Å². The quantitative estimate of drug-likeness (QED) is 0.930. The smallest absolute Gasteiger partial charge is 0.154 e. The molecule has 104 valence electrons. The van der Waals surface area contributed by atoms with E-state index in [2.05, 4.69) is 25.0 Å². The Hall–Kier alpha value is -2.48. The Morgan fingerprint density at radius 3 is 2.65 bits per heavy atom. The largest absolute Gasteiger partial charge is 0.394 e. The van der Waals surface area contributed by atoms with Crippen LogP contribution in [0, 0.1) is 11.3 Å². The third-order valence-electron chi connectivity index (χ3n) is 3.31. The number of hydrogen-bond acceptors (Lipinski definition) is 4. The first-order chi connectivity index (χ1) is 9.45. The molecule has 1 aromatic carbocycles. The molecule has 5 heteroatoms. The second-order valence-corrected chi connectivity index (χ2v) is 5.12. The van der Waals surface area contributed by atoms with Crippen molar-refractivity contribution in [1.82, 2.24) is 9.78 Å². The number of rotatable bonds is 3. The lowest BCUT2D eigenvalue weighted by molar-refractivity contribution is 0.711. The molecule has 0 spiro atoms. The average Bonchev–Trinajstić information content (AvgIpc) is 2.73. The molecule has 0 atom stereocenters. The van der Waals surface area contributed by atoms with Gasteiger partial charge in [0, 0.05) is 19.8 Å². The molecule has 2 aromatic rings. The van der Waals surface area contributed by atoms with E-state index < -0.39 is 0 Å². The molecule has 5 nitrogen and oxygen atoms in total. The van der Waals surface area contributed by atoms with Crippen LogP contribution < -0.4 is 10.6 Å². The maximum atomic E-state index is 8.99. The van der Waals surface area contributed by atoms with Gasteiger partial charge in [-0.05, 0) is 24.1 Å². The molecule has 1 aromatic heterocycles. The third-order valence-corrected chi connectivity index (χ3v) is 3.31. The first kappa shape index (κ1) is 13.9. The van der Waals surface area contributed by atoms with Gasteiger partial charge in [0.05, 0.1) is 23.0 Å². The summed E-state index contributed by atoms with van der Waals surface area (Å²) in [5, 5.41) is 13.5. The molecule has 0 amide bonds. The molecule has 0 aliphatic carbocycles. The normalized spacial score (nSPS) is 10.6. The Labute approximate surface area is 119 Å². The van der Waals surface area contributed by atoms with Crippen LogP contribution >= 0.6 is 0 Å². The van der Waals surface area contributed by atoms with E-state index in [0.717, 1.165) is 17.2 Å². The summed E-state index contributed by atoms with van der Waals surface area (Å²) in [5.74, 6) is 1.11. The molecule has 0 aliphatic rings. The summed E-state index contributed by atoms with van der Waals surface area (Å²) in [6.45, 7) is 4.14. The summed E-state index contributed by atoms with van der Waals surface area (Å²) in [6.07, 6.45) is 0. The zero-order valence-corrected chi connectivity index (χ0v) is 12.3. The van der Waals surface area contributed by atoms with Crippen molar-refractivity contribution in [2.24, 2.45) is 7.05 Å². The lowest BCUT2D eigenvalue weighted by atomic mass is 10.1. The number of aryl methyl sites for hydroxylation is 1. The van der Waals surface area contributed by atoms with E-state index in [9.17, 15) is 0 Å². The van der Waals surface area contributed by atoms with Crippen LogP contribution in [0.15, 0.2) is 24.3 Å². The Morgan fingerprint density at radius 1 is 1.40 bits per heavy atom. The number of hydrogen-bond donors (Lipinski definition) is 1. The Kier molecular flexibility index (Phi) is 3.66. The molecule has 2 N–H and O–H groups in total. The summed E-state index contributed by atoms with van der Waals surface area (Å²) in [5.41, 5.74) is 9.34. The standard InChI is InChI=1S/C15H19N5/c1-10(2)14-13(17)15(20(4)18-14)19(3)12-7-5-6-11(8-12)9-16/h5-8,10H,17H2,1-4H3. The van der Waals surface area contributed by atoms with Crippen molar-refractivity contribution in [3.63, 3.8) is 0 Å². The van der Waals surface area contributed by atoms with Gasteiger partial charge in [-0.15, -0.1) is 0 Å². The van der Waals surface area contributed by atoms with Crippen molar-refractivity contribution < 1.29 is 0 Å². The number of nitrogens with two attached hydrogens (primary N) is 1. The van der Waals surface area contributed by atoms with Gasteiger partial charge in [0.25, 0.3) is 0 Å². The van der Waals surface area contributed by atoms with E-state index in [-0.39, 0.29) is 5.92 Å². The molecule has 0 radical (unpaired) electrons. The number of nitrogens with zero attached hydrogens (tertiary/aromatic N) is 4. The summed E-state index contributed by atoms with van der Waals surface area (Å²) in [6, 6.07) is 9.57. The van der Waals surface area contributed by atoms with Gasteiger partial charge in [-0.3, -0.25) is 4.68 Å². The van der Waals surface area contributed by atoms with Crippen LogP contribution in [-0.2, 0) is 7.05 Å². The van der Waals surface area contributed by atoms with Crippen LogP contribution in [0.2, 0.25) is 0 Å². The van der Waals surface area contributed by atoms with Gasteiger partial charge in [0.15, 0.2) is 5.82 Å². The number of nitriles is 1. The predicted molar refractivity (Wildman–Crippen MR) is 80.9 cm³/mol. The third kappa shape index (κ3) is 2.32. The second-order valence-electron chi connectivity index (χ2n) is 5.12. The zero-order valence-electron chi connectivity index (χ0n) is 12.3. The highest BCUT2D eigenvalue weighted by atomic mass is 15.4. The monoisotopic (exact) mass is 269 g/mol. The first-order valence-electron chi connectivity index (χ1n) is 6.52. The maximum Gasteiger partial charge on any atom is 0.154 e. The summed E-state index contributed by atoms with van der Waals surface area (Å²) >= 11 is 0. The van der Waals surface area contributed by atoms with E-state index in [1.165, 1.54) is 0 Å². The Balaban J connectivity index is 2.48. The lowest BCUT2D eigenvalue weighted by Crippen LogP contribution is -2.15. The van der Waals surface area contributed by atoms with E-state index in [1.54, 1.807) is 10.7 Å². The Morgan fingerprint density at radius 2 is 2.10 bits per heavy atom. The predicted octanol–water partition coefficient (Wildman–Crippen LogP) is 2.77. The molecule has 2 rings (SSSR count). The lowest BCUT2D eigenvalue weighted by Gasteiger charge is -2.20. The van der Waals surface area contributed by atoms with Crippen LogP contribution in [0.1, 0.15) is 31.0 Å². The van der Waals surface area contributed by atoms with Crippen LogP contribution in [0.25, 0.3) is 0 Å². The minimum absolute atomic E-state index is 0.272. The molecule has 0 saturated carbocycles. The highest BCUT2D eigenvalue weighted by Crippen LogP contribution is 2.33. The van der Waals surface area contributed by atoms with Gasteiger partial charge in [0.2, 0.25) is 0 Å². The minimum atomic E-state index is 0.272. The number of anilines is 3. The fraction of sp³-hybridized carbons (Fsp3) is 0.333. The second kappa shape index (κ2) is 5.25. The highest BCUT2D eigenvalue weighted by molar-refractivity contribution is 5.74.